The Kier molecular flexibility index (Phi) is 5.92. The summed E-state index contributed by atoms with van der Waals surface area (Å²) < 4.78 is 8.62. The summed E-state index contributed by atoms with van der Waals surface area (Å²) in [6.07, 6.45) is 0. The minimum Gasteiger partial charge on any atom is -0.465 e. The van der Waals surface area contributed by atoms with E-state index in [0.29, 0.717) is 34.3 Å². The molecule has 6 rings (SSSR count). The summed E-state index contributed by atoms with van der Waals surface area (Å²) in [6, 6.07) is 28.6. The lowest BCUT2D eigenvalue weighted by Gasteiger charge is -2.32. The van der Waals surface area contributed by atoms with Crippen LogP contribution in [0.4, 0.5) is 5.82 Å². The number of carbonyl (C=O) groups is 1. The van der Waals surface area contributed by atoms with Crippen molar-refractivity contribution in [2.45, 2.75) is 19.8 Å². The second-order valence-electron chi connectivity index (χ2n) is 9.11. The lowest BCUT2D eigenvalue weighted by atomic mass is 9.77. The summed E-state index contributed by atoms with van der Waals surface area (Å²) in [7, 11) is 0. The summed E-state index contributed by atoms with van der Waals surface area (Å²) in [5, 5.41) is 8.98. The molecule has 1 aliphatic rings. The topological polar surface area (TPSA) is 90.8 Å². The van der Waals surface area contributed by atoms with Crippen LogP contribution in [-0.2, 0) is 9.53 Å². The van der Waals surface area contributed by atoms with Crippen LogP contribution in [0.25, 0.3) is 22.7 Å². The second kappa shape index (κ2) is 9.55. The molecule has 5 aromatic rings. The zero-order valence-corrected chi connectivity index (χ0v) is 21.0. The molecule has 0 fully saturated rings. The number of aromatic nitrogens is 4. The lowest BCUT2D eigenvalue weighted by molar-refractivity contribution is -0.146. The molecule has 1 aliphatic heterocycles. The van der Waals surface area contributed by atoms with Crippen molar-refractivity contribution in [2.24, 2.45) is 10.9 Å². The van der Waals surface area contributed by atoms with Gasteiger partial charge in [-0.1, -0.05) is 78.9 Å². The van der Waals surface area contributed by atoms with Crippen molar-refractivity contribution in [3.8, 4) is 17.1 Å². The first kappa shape index (κ1) is 23.5. The number of esters is 1. The van der Waals surface area contributed by atoms with E-state index in [0.717, 1.165) is 11.1 Å². The molecular weight excluding hydrogens is 478 g/mol. The quantitative estimate of drug-likeness (QED) is 0.316. The highest BCUT2D eigenvalue weighted by atomic mass is 16.5. The predicted octanol–water partition coefficient (Wildman–Crippen LogP) is 4.96. The van der Waals surface area contributed by atoms with E-state index in [1.165, 1.54) is 4.40 Å². The smallest absolute Gasteiger partial charge is 0.341 e. The van der Waals surface area contributed by atoms with Gasteiger partial charge in [0.1, 0.15) is 11.7 Å². The van der Waals surface area contributed by atoms with Gasteiger partial charge in [-0.15, -0.1) is 10.2 Å². The van der Waals surface area contributed by atoms with Crippen molar-refractivity contribution in [2.75, 3.05) is 6.61 Å². The van der Waals surface area contributed by atoms with E-state index in [4.69, 9.17) is 9.73 Å². The standard InChI is InChI=1S/C30H25N5O3/c1-3-38-29(36)23-19(2)31-27-25(24(23)20-13-7-4-8-14-20)28-33-32-26(21-15-9-5-10-16-21)35(28)30(37)34(27)22-17-11-6-12-18-22/h4-18,23-24H,3H2,1-2H3. The van der Waals surface area contributed by atoms with Crippen LogP contribution in [0.5, 0.6) is 0 Å². The third-order valence-electron chi connectivity index (χ3n) is 6.86. The second-order valence-corrected chi connectivity index (χ2v) is 9.11. The van der Waals surface area contributed by atoms with E-state index in [1.54, 1.807) is 11.5 Å². The molecule has 3 aromatic carbocycles. The molecule has 2 aromatic heterocycles. The van der Waals surface area contributed by atoms with Crippen molar-refractivity contribution < 1.29 is 9.53 Å². The van der Waals surface area contributed by atoms with Crippen molar-refractivity contribution >= 4 is 23.1 Å². The van der Waals surface area contributed by atoms with E-state index in [2.05, 4.69) is 10.2 Å². The Morgan fingerprint density at radius 3 is 2.18 bits per heavy atom. The fourth-order valence-corrected chi connectivity index (χ4v) is 5.23. The molecule has 2 unspecified atom stereocenters. The van der Waals surface area contributed by atoms with Gasteiger partial charge in [0.25, 0.3) is 0 Å². The van der Waals surface area contributed by atoms with Crippen LogP contribution in [-0.4, -0.2) is 37.5 Å². The first-order valence-corrected chi connectivity index (χ1v) is 12.5. The van der Waals surface area contributed by atoms with Crippen LogP contribution >= 0.6 is 0 Å². The number of fused-ring (bicyclic) bond motifs is 3. The Labute approximate surface area is 218 Å². The SMILES string of the molecule is CCOC(=O)C1C(C)=Nc2c(c3nnc(-c4ccccc4)n3c(=O)n2-c2ccccc2)C1c1ccccc1. The van der Waals surface area contributed by atoms with Gasteiger partial charge in [-0.05, 0) is 31.5 Å². The number of benzene rings is 3. The largest absolute Gasteiger partial charge is 0.465 e. The molecule has 38 heavy (non-hydrogen) atoms. The number of rotatable bonds is 5. The molecule has 0 saturated carbocycles. The fraction of sp³-hybridized carbons (Fsp3) is 0.167. The zero-order valence-electron chi connectivity index (χ0n) is 21.0. The predicted molar refractivity (Wildman–Crippen MR) is 145 cm³/mol. The summed E-state index contributed by atoms with van der Waals surface area (Å²) >= 11 is 0. The average Bonchev–Trinajstić information content (AvgIpc) is 3.40. The third kappa shape index (κ3) is 3.73. The molecule has 3 heterocycles. The van der Waals surface area contributed by atoms with Gasteiger partial charge in [0, 0.05) is 22.8 Å². The van der Waals surface area contributed by atoms with Crippen LogP contribution in [0.2, 0.25) is 0 Å². The van der Waals surface area contributed by atoms with Gasteiger partial charge >= 0.3 is 11.7 Å². The summed E-state index contributed by atoms with van der Waals surface area (Å²) in [5.41, 5.74) is 3.55. The number of aliphatic imine (C=N–C) groups is 1. The molecule has 0 spiro atoms. The molecule has 188 valence electrons. The van der Waals surface area contributed by atoms with Gasteiger partial charge in [-0.2, -0.15) is 0 Å². The molecular formula is C30H25N5O3. The normalized spacial score (nSPS) is 16.6. The van der Waals surface area contributed by atoms with Crippen LogP contribution in [0.1, 0.15) is 30.9 Å². The van der Waals surface area contributed by atoms with Crippen LogP contribution < -0.4 is 5.69 Å². The Hall–Kier alpha value is -4.85. The fourth-order valence-electron chi connectivity index (χ4n) is 5.23. The Bertz CT molecular complexity index is 1720. The number of carbonyl (C=O) groups excluding carboxylic acids is 1. The highest BCUT2D eigenvalue weighted by molar-refractivity contribution is 6.05. The highest BCUT2D eigenvalue weighted by Gasteiger charge is 2.42. The molecule has 0 amide bonds. The van der Waals surface area contributed by atoms with Gasteiger partial charge < -0.3 is 4.74 Å². The van der Waals surface area contributed by atoms with E-state index < -0.39 is 11.8 Å². The zero-order chi connectivity index (χ0) is 26.2. The molecule has 0 bridgehead atoms. The van der Waals surface area contributed by atoms with E-state index in [9.17, 15) is 9.59 Å². The van der Waals surface area contributed by atoms with Crippen molar-refractivity contribution in [3.63, 3.8) is 0 Å². The minimum absolute atomic E-state index is 0.249. The first-order chi connectivity index (χ1) is 18.6. The van der Waals surface area contributed by atoms with Crippen LogP contribution in [0.3, 0.4) is 0 Å². The van der Waals surface area contributed by atoms with Crippen LogP contribution in [0.15, 0.2) is 101 Å². The van der Waals surface area contributed by atoms with E-state index in [1.807, 2.05) is 97.9 Å². The maximum absolute atomic E-state index is 14.2. The molecule has 0 N–H and O–H groups in total. The Morgan fingerprint density at radius 1 is 0.895 bits per heavy atom. The number of hydrogen-bond donors (Lipinski definition) is 0. The maximum atomic E-state index is 14.2. The van der Waals surface area contributed by atoms with E-state index >= 15 is 0 Å². The summed E-state index contributed by atoms with van der Waals surface area (Å²) in [5.74, 6) is -0.691. The van der Waals surface area contributed by atoms with Crippen molar-refractivity contribution in [1.29, 1.82) is 0 Å². The molecule has 2 atom stereocenters. The molecule has 0 aliphatic carbocycles. The first-order valence-electron chi connectivity index (χ1n) is 12.5. The lowest BCUT2D eigenvalue weighted by Crippen LogP contribution is -2.37. The third-order valence-corrected chi connectivity index (χ3v) is 6.86. The molecule has 0 saturated heterocycles. The summed E-state index contributed by atoms with van der Waals surface area (Å²) in [4.78, 5) is 32.5. The van der Waals surface area contributed by atoms with Gasteiger partial charge in [0.15, 0.2) is 11.5 Å². The number of para-hydroxylation sites is 1. The Balaban J connectivity index is 1.77. The maximum Gasteiger partial charge on any atom is 0.341 e. The van der Waals surface area contributed by atoms with E-state index in [-0.39, 0.29) is 18.3 Å². The minimum atomic E-state index is -0.688. The number of ether oxygens (including phenoxy) is 1. The number of hydrogen-bond acceptors (Lipinski definition) is 6. The van der Waals surface area contributed by atoms with Crippen LogP contribution in [0, 0.1) is 5.92 Å². The summed E-state index contributed by atoms with van der Waals surface area (Å²) in [6.45, 7) is 3.84. The molecule has 8 heteroatoms. The highest BCUT2D eigenvalue weighted by Crippen LogP contribution is 2.45. The Morgan fingerprint density at radius 2 is 1.53 bits per heavy atom. The van der Waals surface area contributed by atoms with Gasteiger partial charge in [-0.3, -0.25) is 4.79 Å². The molecule has 0 radical (unpaired) electrons. The van der Waals surface area contributed by atoms with Gasteiger partial charge in [0.2, 0.25) is 0 Å². The van der Waals surface area contributed by atoms with Gasteiger partial charge in [-0.25, -0.2) is 18.8 Å². The van der Waals surface area contributed by atoms with Gasteiger partial charge in [0.05, 0.1) is 12.3 Å². The molecule has 8 nitrogen and oxygen atoms in total. The monoisotopic (exact) mass is 503 g/mol. The van der Waals surface area contributed by atoms with Crippen molar-refractivity contribution in [1.82, 2.24) is 19.2 Å². The number of nitrogens with zero attached hydrogens (tertiary/aromatic N) is 5. The van der Waals surface area contributed by atoms with Crippen molar-refractivity contribution in [3.05, 3.63) is 113 Å². The average molecular weight is 504 g/mol.